The summed E-state index contributed by atoms with van der Waals surface area (Å²) in [6, 6.07) is 15.5. The van der Waals surface area contributed by atoms with Crippen molar-refractivity contribution in [2.75, 3.05) is 12.9 Å². The Morgan fingerprint density at radius 3 is 2.78 bits per heavy atom. The van der Waals surface area contributed by atoms with Crippen molar-refractivity contribution in [3.8, 4) is 11.4 Å². The maximum absolute atomic E-state index is 13.2. The van der Waals surface area contributed by atoms with E-state index in [-0.39, 0.29) is 17.7 Å². The van der Waals surface area contributed by atoms with Gasteiger partial charge in [0.15, 0.2) is 0 Å². The number of ether oxygens (including phenoxy) is 1. The molecule has 8 nitrogen and oxygen atoms in total. The highest BCUT2D eigenvalue weighted by Gasteiger charge is 2.34. The maximum atomic E-state index is 13.2. The van der Waals surface area contributed by atoms with Crippen LogP contribution in [0.5, 0.6) is 5.75 Å². The molecule has 1 amide bonds. The standard InChI is InChI=1S/C21H18N6O2S3/c1-29-17-7-3-2-6-15(17)27-21(22-24-25-27)32-13-20(28)26-16(19-9-5-11-31-19)12-14(23-26)18-8-4-10-30-18/h2-11,16H,12-13H2,1H3/t16-/m1/s1. The summed E-state index contributed by atoms with van der Waals surface area (Å²) in [5, 5.41) is 22.8. The van der Waals surface area contributed by atoms with Crippen molar-refractivity contribution in [1.29, 1.82) is 0 Å². The zero-order valence-electron chi connectivity index (χ0n) is 17.0. The highest BCUT2D eigenvalue weighted by Crippen LogP contribution is 2.36. The Labute approximate surface area is 196 Å². The minimum atomic E-state index is -0.0922. The van der Waals surface area contributed by atoms with Gasteiger partial charge in [0.25, 0.3) is 5.91 Å². The highest BCUT2D eigenvalue weighted by atomic mass is 32.2. The van der Waals surface area contributed by atoms with Gasteiger partial charge in [-0.15, -0.1) is 27.8 Å². The molecule has 162 valence electrons. The minimum Gasteiger partial charge on any atom is -0.494 e. The molecule has 32 heavy (non-hydrogen) atoms. The van der Waals surface area contributed by atoms with Crippen LogP contribution in [0.2, 0.25) is 0 Å². The fourth-order valence-electron chi connectivity index (χ4n) is 3.45. The van der Waals surface area contributed by atoms with E-state index >= 15 is 0 Å². The third-order valence-corrected chi connectivity index (χ3v) is 7.72. The highest BCUT2D eigenvalue weighted by molar-refractivity contribution is 7.99. The molecule has 0 bridgehead atoms. The second-order valence-electron chi connectivity index (χ2n) is 6.83. The van der Waals surface area contributed by atoms with Gasteiger partial charge in [0.05, 0.1) is 29.5 Å². The quantitative estimate of drug-likeness (QED) is 0.366. The number of thioether (sulfide) groups is 1. The molecule has 1 aliphatic heterocycles. The predicted octanol–water partition coefficient (Wildman–Crippen LogP) is 4.26. The number of nitrogens with zero attached hydrogens (tertiary/aromatic N) is 6. The van der Waals surface area contributed by atoms with Crippen molar-refractivity contribution in [1.82, 2.24) is 25.2 Å². The van der Waals surface area contributed by atoms with Crippen molar-refractivity contribution in [2.24, 2.45) is 5.10 Å². The number of thiophene rings is 2. The largest absolute Gasteiger partial charge is 0.494 e. The van der Waals surface area contributed by atoms with E-state index in [0.29, 0.717) is 23.0 Å². The van der Waals surface area contributed by atoms with Crippen LogP contribution in [0.4, 0.5) is 0 Å². The molecule has 0 radical (unpaired) electrons. The Hall–Kier alpha value is -3.02. The zero-order valence-corrected chi connectivity index (χ0v) is 19.4. The van der Waals surface area contributed by atoms with Gasteiger partial charge in [0.1, 0.15) is 11.4 Å². The Balaban J connectivity index is 1.36. The number of methoxy groups -OCH3 is 1. The van der Waals surface area contributed by atoms with E-state index in [1.807, 2.05) is 53.2 Å². The number of hydrogen-bond acceptors (Lipinski definition) is 9. The average Bonchev–Trinajstić information content (AvgIpc) is 3.63. The monoisotopic (exact) mass is 482 g/mol. The third kappa shape index (κ3) is 4.06. The molecule has 0 unspecified atom stereocenters. The first-order chi connectivity index (χ1) is 15.7. The number of rotatable bonds is 7. The molecule has 5 rings (SSSR count). The SMILES string of the molecule is COc1ccccc1-n1nnnc1SCC(=O)N1N=C(c2cccs2)C[C@@H]1c1cccs1. The second-order valence-corrected chi connectivity index (χ2v) is 9.70. The number of benzene rings is 1. The summed E-state index contributed by atoms with van der Waals surface area (Å²) in [5.74, 6) is 0.725. The number of carbonyl (C=O) groups is 1. The number of tetrazole rings is 1. The van der Waals surface area contributed by atoms with Crippen LogP contribution in [0.15, 0.2) is 69.5 Å². The van der Waals surface area contributed by atoms with Crippen molar-refractivity contribution in [3.05, 3.63) is 69.0 Å². The number of aromatic nitrogens is 4. The van der Waals surface area contributed by atoms with Crippen LogP contribution in [0.25, 0.3) is 5.69 Å². The molecule has 0 saturated heterocycles. The number of para-hydroxylation sites is 2. The summed E-state index contributed by atoms with van der Waals surface area (Å²) in [4.78, 5) is 15.5. The van der Waals surface area contributed by atoms with Crippen LogP contribution in [-0.4, -0.2) is 49.7 Å². The van der Waals surface area contributed by atoms with E-state index in [2.05, 4.69) is 21.6 Å². The third-order valence-electron chi connectivity index (χ3n) is 4.92. The Kier molecular flexibility index (Phi) is 6.02. The molecular formula is C21H18N6O2S3. The number of carbonyl (C=O) groups excluding carboxylic acids is 1. The van der Waals surface area contributed by atoms with Gasteiger partial charge < -0.3 is 4.74 Å². The summed E-state index contributed by atoms with van der Waals surface area (Å²) >= 11 is 4.55. The molecule has 0 N–H and O–H groups in total. The zero-order chi connectivity index (χ0) is 21.9. The van der Waals surface area contributed by atoms with Gasteiger partial charge in [-0.05, 0) is 45.5 Å². The topological polar surface area (TPSA) is 85.5 Å². The molecule has 0 fully saturated rings. The van der Waals surface area contributed by atoms with Crippen molar-refractivity contribution in [3.63, 3.8) is 0 Å². The van der Waals surface area contributed by atoms with E-state index in [1.54, 1.807) is 39.5 Å². The average molecular weight is 483 g/mol. The number of hydrogen-bond donors (Lipinski definition) is 0. The van der Waals surface area contributed by atoms with Crippen LogP contribution < -0.4 is 4.74 Å². The van der Waals surface area contributed by atoms with Crippen LogP contribution >= 0.6 is 34.4 Å². The summed E-state index contributed by atoms with van der Waals surface area (Å²) in [5.41, 5.74) is 1.65. The Morgan fingerprint density at radius 2 is 2.00 bits per heavy atom. The van der Waals surface area contributed by atoms with Crippen molar-refractivity contribution >= 4 is 46.1 Å². The molecule has 0 aliphatic carbocycles. The van der Waals surface area contributed by atoms with Crippen molar-refractivity contribution < 1.29 is 9.53 Å². The van der Waals surface area contributed by atoms with E-state index in [1.165, 1.54) is 11.8 Å². The fraction of sp³-hybridized carbons (Fsp3) is 0.190. The lowest BCUT2D eigenvalue weighted by Crippen LogP contribution is -2.28. The van der Waals surface area contributed by atoms with Gasteiger partial charge in [0.2, 0.25) is 5.16 Å². The van der Waals surface area contributed by atoms with Gasteiger partial charge in [-0.2, -0.15) is 9.78 Å². The summed E-state index contributed by atoms with van der Waals surface area (Å²) in [6.45, 7) is 0. The Bertz CT molecular complexity index is 1240. The Morgan fingerprint density at radius 1 is 1.16 bits per heavy atom. The van der Waals surface area contributed by atoms with Crippen LogP contribution in [0.3, 0.4) is 0 Å². The normalized spacial score (nSPS) is 15.7. The molecule has 1 atom stereocenters. The lowest BCUT2D eigenvalue weighted by molar-refractivity contribution is -0.130. The van der Waals surface area contributed by atoms with Crippen LogP contribution in [0.1, 0.15) is 22.2 Å². The molecule has 4 heterocycles. The van der Waals surface area contributed by atoms with Gasteiger partial charge in [-0.1, -0.05) is 36.0 Å². The number of hydrazone groups is 1. The van der Waals surface area contributed by atoms with Crippen molar-refractivity contribution in [2.45, 2.75) is 17.6 Å². The molecule has 4 aromatic rings. The maximum Gasteiger partial charge on any atom is 0.253 e. The molecule has 3 aromatic heterocycles. The van der Waals surface area contributed by atoms with Gasteiger partial charge >= 0.3 is 0 Å². The van der Waals surface area contributed by atoms with E-state index < -0.39 is 0 Å². The first-order valence-electron chi connectivity index (χ1n) is 9.76. The predicted molar refractivity (Wildman–Crippen MR) is 126 cm³/mol. The fourth-order valence-corrected chi connectivity index (χ4v) is 5.72. The first-order valence-corrected chi connectivity index (χ1v) is 12.5. The second kappa shape index (κ2) is 9.23. The van der Waals surface area contributed by atoms with E-state index in [4.69, 9.17) is 9.84 Å². The lowest BCUT2D eigenvalue weighted by atomic mass is 10.1. The smallest absolute Gasteiger partial charge is 0.253 e. The molecule has 0 saturated carbocycles. The summed E-state index contributed by atoms with van der Waals surface area (Å²) < 4.78 is 7.00. The number of amides is 1. The first kappa shape index (κ1) is 20.9. The molecule has 1 aromatic carbocycles. The summed E-state index contributed by atoms with van der Waals surface area (Å²) in [6.07, 6.45) is 0.705. The lowest BCUT2D eigenvalue weighted by Gasteiger charge is -2.20. The van der Waals surface area contributed by atoms with E-state index in [0.717, 1.165) is 15.5 Å². The minimum absolute atomic E-state index is 0.0884. The summed E-state index contributed by atoms with van der Waals surface area (Å²) in [7, 11) is 1.60. The molecule has 0 spiro atoms. The van der Waals surface area contributed by atoms with Gasteiger partial charge in [-0.3, -0.25) is 4.79 Å². The van der Waals surface area contributed by atoms with E-state index in [9.17, 15) is 4.79 Å². The van der Waals surface area contributed by atoms with Crippen LogP contribution in [0, 0.1) is 0 Å². The van der Waals surface area contributed by atoms with Gasteiger partial charge in [-0.25, -0.2) is 5.01 Å². The molecule has 11 heteroatoms. The molecule has 1 aliphatic rings. The van der Waals surface area contributed by atoms with Crippen LogP contribution in [-0.2, 0) is 4.79 Å². The molecular weight excluding hydrogens is 464 g/mol. The van der Waals surface area contributed by atoms with Gasteiger partial charge in [0, 0.05) is 11.3 Å².